The van der Waals surface area contributed by atoms with E-state index in [0.29, 0.717) is 48.2 Å². The fourth-order valence-corrected chi connectivity index (χ4v) is 4.38. The third-order valence-corrected chi connectivity index (χ3v) is 6.19. The van der Waals surface area contributed by atoms with Crippen LogP contribution >= 0.6 is 0 Å². The average Bonchev–Trinajstić information content (AvgIpc) is 3.28. The van der Waals surface area contributed by atoms with Gasteiger partial charge in [0.25, 0.3) is 5.91 Å². The summed E-state index contributed by atoms with van der Waals surface area (Å²) in [5, 5.41) is 11.5. The molecule has 0 radical (unpaired) electrons. The van der Waals surface area contributed by atoms with Crippen molar-refractivity contribution in [1.82, 2.24) is 30.5 Å². The topological polar surface area (TPSA) is 107 Å². The Bertz CT molecular complexity index is 1060. The van der Waals surface area contributed by atoms with E-state index in [4.69, 9.17) is 4.42 Å². The lowest BCUT2D eigenvalue weighted by atomic mass is 9.70. The van der Waals surface area contributed by atoms with Crippen molar-refractivity contribution in [2.24, 2.45) is 23.7 Å². The van der Waals surface area contributed by atoms with Gasteiger partial charge in [-0.25, -0.2) is 4.98 Å². The molecule has 0 aromatic carbocycles. The van der Waals surface area contributed by atoms with Crippen molar-refractivity contribution in [2.45, 2.75) is 33.6 Å². The smallest absolute Gasteiger partial charge is 0.271 e. The summed E-state index contributed by atoms with van der Waals surface area (Å²) in [4.78, 5) is 24.5. The van der Waals surface area contributed by atoms with E-state index in [-0.39, 0.29) is 11.8 Å². The molecular weight excluding hydrogens is 404 g/mol. The van der Waals surface area contributed by atoms with Gasteiger partial charge >= 0.3 is 0 Å². The maximum atomic E-state index is 12.4. The molecule has 8 heteroatoms. The Hall–Kier alpha value is -3.42. The van der Waals surface area contributed by atoms with Crippen molar-refractivity contribution in [2.75, 3.05) is 6.54 Å². The van der Waals surface area contributed by atoms with Gasteiger partial charge in [0.2, 0.25) is 11.8 Å². The molecule has 32 heavy (non-hydrogen) atoms. The highest BCUT2D eigenvalue weighted by Crippen LogP contribution is 2.38. The van der Waals surface area contributed by atoms with E-state index < -0.39 is 0 Å². The quantitative estimate of drug-likeness (QED) is 0.567. The third-order valence-electron chi connectivity index (χ3n) is 6.19. The fraction of sp³-hybridized carbons (Fsp3) is 0.417. The Morgan fingerprint density at radius 2 is 1.97 bits per heavy atom. The van der Waals surface area contributed by atoms with Crippen LogP contribution in [0.3, 0.4) is 0 Å². The molecule has 3 atom stereocenters. The number of nitrogens with one attached hydrogen (secondary N) is 1. The highest BCUT2D eigenvalue weighted by Gasteiger charge is 2.32. The van der Waals surface area contributed by atoms with E-state index >= 15 is 0 Å². The number of carbonyl (C=O) groups excluding carboxylic acids is 1. The van der Waals surface area contributed by atoms with E-state index in [1.54, 1.807) is 18.6 Å². The van der Waals surface area contributed by atoms with Crippen LogP contribution in [0.2, 0.25) is 0 Å². The first kappa shape index (κ1) is 21.8. The number of hydrogen-bond donors (Lipinski definition) is 1. The monoisotopic (exact) mass is 432 g/mol. The second kappa shape index (κ2) is 9.80. The van der Waals surface area contributed by atoms with E-state index in [0.717, 1.165) is 12.0 Å². The van der Waals surface area contributed by atoms with Gasteiger partial charge in [-0.15, -0.1) is 10.2 Å². The number of pyridine rings is 1. The van der Waals surface area contributed by atoms with Crippen molar-refractivity contribution in [3.05, 3.63) is 66.4 Å². The molecule has 166 valence electrons. The highest BCUT2D eigenvalue weighted by molar-refractivity contribution is 5.91. The largest absolute Gasteiger partial charge is 0.421 e. The van der Waals surface area contributed by atoms with Crippen molar-refractivity contribution in [3.63, 3.8) is 0 Å². The average molecular weight is 433 g/mol. The molecule has 0 fully saturated rings. The number of carbonyl (C=O) groups is 1. The maximum Gasteiger partial charge on any atom is 0.271 e. The molecule has 1 aliphatic carbocycles. The first-order valence-electron chi connectivity index (χ1n) is 11.0. The van der Waals surface area contributed by atoms with Crippen LogP contribution in [0.1, 0.15) is 43.6 Å². The van der Waals surface area contributed by atoms with Crippen LogP contribution in [0.5, 0.6) is 0 Å². The summed E-state index contributed by atoms with van der Waals surface area (Å²) in [7, 11) is 0. The van der Waals surface area contributed by atoms with Gasteiger partial charge in [0.05, 0.1) is 6.20 Å². The van der Waals surface area contributed by atoms with Crippen molar-refractivity contribution >= 4 is 5.91 Å². The molecule has 1 N–H and O–H groups in total. The number of rotatable bonds is 7. The van der Waals surface area contributed by atoms with Crippen LogP contribution in [0.25, 0.3) is 11.5 Å². The van der Waals surface area contributed by atoms with Gasteiger partial charge < -0.3 is 9.73 Å². The zero-order chi connectivity index (χ0) is 22.5. The molecule has 0 spiro atoms. The number of allylic oxidation sites excluding steroid dienone is 1. The van der Waals surface area contributed by atoms with E-state index in [2.05, 4.69) is 57.3 Å². The summed E-state index contributed by atoms with van der Waals surface area (Å²) in [6.45, 7) is 7.21. The Labute approximate surface area is 187 Å². The Kier molecular flexibility index (Phi) is 6.68. The van der Waals surface area contributed by atoms with Gasteiger partial charge in [-0.05, 0) is 49.1 Å². The first-order chi connectivity index (χ1) is 15.5. The van der Waals surface area contributed by atoms with Gasteiger partial charge in [-0.2, -0.15) is 0 Å². The van der Waals surface area contributed by atoms with Crippen molar-refractivity contribution in [3.8, 4) is 11.5 Å². The number of hydrogen-bond acceptors (Lipinski definition) is 7. The van der Waals surface area contributed by atoms with E-state index in [1.165, 1.54) is 18.0 Å². The second-order valence-electron chi connectivity index (χ2n) is 8.66. The summed E-state index contributed by atoms with van der Waals surface area (Å²) in [5.41, 5.74) is 2.50. The molecule has 4 rings (SSSR count). The normalized spacial score (nSPS) is 20.8. The molecule has 0 bridgehead atoms. The molecule has 0 unspecified atom stereocenters. The summed E-state index contributed by atoms with van der Waals surface area (Å²) < 4.78 is 5.92. The van der Waals surface area contributed by atoms with Crippen LogP contribution < -0.4 is 5.32 Å². The van der Waals surface area contributed by atoms with E-state index in [9.17, 15) is 4.79 Å². The zero-order valence-corrected chi connectivity index (χ0v) is 18.6. The molecule has 8 nitrogen and oxygen atoms in total. The minimum atomic E-state index is -0.191. The predicted octanol–water partition coefficient (Wildman–Crippen LogP) is 3.75. The fourth-order valence-electron chi connectivity index (χ4n) is 4.38. The summed E-state index contributed by atoms with van der Waals surface area (Å²) in [6.07, 6.45) is 12.0. The van der Waals surface area contributed by atoms with Crippen LogP contribution in [0.15, 0.2) is 59.2 Å². The molecule has 0 saturated heterocycles. The molecule has 0 saturated carbocycles. The highest BCUT2D eigenvalue weighted by atomic mass is 16.4. The van der Waals surface area contributed by atoms with Gasteiger partial charge in [0.1, 0.15) is 5.69 Å². The summed E-state index contributed by atoms with van der Waals surface area (Å²) in [6, 6.07) is 3.72. The third kappa shape index (κ3) is 5.07. The van der Waals surface area contributed by atoms with Gasteiger partial charge in [0, 0.05) is 43.3 Å². The lowest BCUT2D eigenvalue weighted by molar-refractivity contribution is 0.0933. The van der Waals surface area contributed by atoms with Crippen LogP contribution in [-0.2, 0) is 6.42 Å². The molecule has 1 aliphatic rings. The lowest BCUT2D eigenvalue weighted by Crippen LogP contribution is -2.37. The van der Waals surface area contributed by atoms with Crippen LogP contribution in [0, 0.1) is 23.7 Å². The number of aromatic nitrogens is 5. The Morgan fingerprint density at radius 1 is 1.16 bits per heavy atom. The molecule has 1 amide bonds. The first-order valence-corrected chi connectivity index (χ1v) is 11.0. The van der Waals surface area contributed by atoms with Gasteiger partial charge in [-0.3, -0.25) is 14.8 Å². The molecule has 3 aromatic heterocycles. The van der Waals surface area contributed by atoms with Gasteiger partial charge in [-0.1, -0.05) is 25.5 Å². The predicted molar refractivity (Wildman–Crippen MR) is 119 cm³/mol. The minimum absolute atomic E-state index is 0.191. The van der Waals surface area contributed by atoms with E-state index in [1.807, 2.05) is 12.1 Å². The summed E-state index contributed by atoms with van der Waals surface area (Å²) >= 11 is 0. The number of nitrogens with zero attached hydrogens (tertiary/aromatic N) is 5. The Balaban J connectivity index is 1.43. The molecule has 0 aliphatic heterocycles. The molecule has 3 aromatic rings. The second-order valence-corrected chi connectivity index (χ2v) is 8.66. The maximum absolute atomic E-state index is 12.4. The van der Waals surface area contributed by atoms with Crippen molar-refractivity contribution in [1.29, 1.82) is 0 Å². The standard InChI is InChI=1S/C24H28N6O2/c1-15(2)20-11-18(12-22-29-30-24(32-22)17-4-6-25-7-5-17)16(3)10-19(20)13-28-23(31)21-14-26-8-9-27-21/h4-10,14-15,18-20H,11-13H2,1-3H3,(H,28,31)/t18-,19-,20-/m0/s1. The number of amides is 1. The Morgan fingerprint density at radius 3 is 2.69 bits per heavy atom. The molecule has 3 heterocycles. The van der Waals surface area contributed by atoms with Gasteiger partial charge in [0.15, 0.2) is 0 Å². The van der Waals surface area contributed by atoms with Crippen molar-refractivity contribution < 1.29 is 9.21 Å². The van der Waals surface area contributed by atoms with Crippen LogP contribution in [-0.4, -0.2) is 37.6 Å². The zero-order valence-electron chi connectivity index (χ0n) is 18.6. The SMILES string of the molecule is CC1=C[C@@H](CNC(=O)c2cnccn2)[C@H](C(C)C)C[C@H]1Cc1nnc(-c2ccncc2)o1. The molecular formula is C24H28N6O2. The minimum Gasteiger partial charge on any atom is -0.421 e. The van der Waals surface area contributed by atoms with Crippen LogP contribution in [0.4, 0.5) is 0 Å². The lowest BCUT2D eigenvalue weighted by Gasteiger charge is -2.37. The summed E-state index contributed by atoms with van der Waals surface area (Å²) in [5.74, 6) is 2.49.